The molecule has 0 aromatic heterocycles. The number of aromatic hydroxyl groups is 1. The number of benzene rings is 2. The maximum atomic E-state index is 13.4. The monoisotopic (exact) mass is 448 g/mol. The molecule has 3 N–H and O–H groups in total. The van der Waals surface area contributed by atoms with Crippen LogP contribution in [0.1, 0.15) is 24.0 Å². The third kappa shape index (κ3) is 6.00. The van der Waals surface area contributed by atoms with E-state index in [0.29, 0.717) is 30.5 Å². The van der Waals surface area contributed by atoms with Crippen molar-refractivity contribution in [3.63, 3.8) is 0 Å². The fourth-order valence-corrected chi connectivity index (χ4v) is 3.76. The first kappa shape index (κ1) is 23.6. The molecule has 0 spiro atoms. The number of hydrogen-bond donors (Lipinski definition) is 3. The van der Waals surface area contributed by atoms with Crippen LogP contribution in [0.15, 0.2) is 35.3 Å². The smallest absolute Gasteiger partial charge is 0.200 e. The minimum Gasteiger partial charge on any atom is -0.502 e. The molecule has 0 saturated carbocycles. The first-order valence-electron chi connectivity index (χ1n) is 10.5. The molecule has 0 radical (unpaired) electrons. The van der Waals surface area contributed by atoms with Crippen LogP contribution in [-0.4, -0.2) is 56.4 Å². The Balaban J connectivity index is 1.49. The van der Waals surface area contributed by atoms with Crippen LogP contribution in [0.2, 0.25) is 0 Å². The standard InChI is InChI=1S/C23H30F2N4O3/c1-26-23(27-13-16-11-20(31-2)22(30)21(12-16)32-3)28-17-6-8-29(9-7-17)14-15-4-5-18(24)19(25)10-15/h4-5,10-12,17,30H,6-9,13-14H2,1-3H3,(H2,26,27,28). The van der Waals surface area contributed by atoms with Crippen molar-refractivity contribution in [1.29, 1.82) is 0 Å². The van der Waals surface area contributed by atoms with Gasteiger partial charge in [0.1, 0.15) is 0 Å². The van der Waals surface area contributed by atoms with Crippen molar-refractivity contribution in [2.24, 2.45) is 4.99 Å². The number of rotatable bonds is 7. The highest BCUT2D eigenvalue weighted by Crippen LogP contribution is 2.37. The van der Waals surface area contributed by atoms with Crippen molar-refractivity contribution in [2.45, 2.75) is 32.0 Å². The Morgan fingerprint density at radius 1 is 1.06 bits per heavy atom. The lowest BCUT2D eigenvalue weighted by molar-refractivity contribution is 0.198. The lowest BCUT2D eigenvalue weighted by Gasteiger charge is -2.33. The Morgan fingerprint density at radius 2 is 1.72 bits per heavy atom. The van der Waals surface area contributed by atoms with Gasteiger partial charge in [0, 0.05) is 39.3 Å². The van der Waals surface area contributed by atoms with Crippen LogP contribution < -0.4 is 20.1 Å². The number of piperidine rings is 1. The molecule has 0 atom stereocenters. The molecule has 9 heteroatoms. The maximum Gasteiger partial charge on any atom is 0.200 e. The Morgan fingerprint density at radius 3 is 2.28 bits per heavy atom. The van der Waals surface area contributed by atoms with Crippen LogP contribution in [0, 0.1) is 11.6 Å². The minimum atomic E-state index is -0.820. The van der Waals surface area contributed by atoms with Gasteiger partial charge in [-0.1, -0.05) is 6.07 Å². The number of likely N-dealkylation sites (tertiary alicyclic amines) is 1. The molecule has 7 nitrogen and oxygen atoms in total. The van der Waals surface area contributed by atoms with E-state index in [1.807, 2.05) is 0 Å². The number of phenolic OH excluding ortho intramolecular Hbond substituents is 1. The first-order chi connectivity index (χ1) is 15.4. The second kappa shape index (κ2) is 11.0. The van der Waals surface area contributed by atoms with Crippen molar-refractivity contribution >= 4 is 5.96 Å². The summed E-state index contributed by atoms with van der Waals surface area (Å²) in [6.45, 7) is 2.77. The molecule has 3 rings (SSSR count). The molecule has 0 aliphatic carbocycles. The summed E-state index contributed by atoms with van der Waals surface area (Å²) in [5.74, 6) is -0.293. The van der Waals surface area contributed by atoms with Crippen molar-refractivity contribution < 1.29 is 23.4 Å². The fraction of sp³-hybridized carbons (Fsp3) is 0.435. The summed E-state index contributed by atoms with van der Waals surface area (Å²) in [5.41, 5.74) is 1.65. The largest absolute Gasteiger partial charge is 0.502 e. The average molecular weight is 449 g/mol. The second-order valence-electron chi connectivity index (χ2n) is 7.72. The molecule has 1 fully saturated rings. The summed E-state index contributed by atoms with van der Waals surface area (Å²) in [5, 5.41) is 16.8. The number of nitrogens with one attached hydrogen (secondary N) is 2. The summed E-state index contributed by atoms with van der Waals surface area (Å²) >= 11 is 0. The van der Waals surface area contributed by atoms with Crippen LogP contribution in [-0.2, 0) is 13.1 Å². The minimum absolute atomic E-state index is 0.0311. The predicted molar refractivity (Wildman–Crippen MR) is 119 cm³/mol. The van der Waals surface area contributed by atoms with Gasteiger partial charge in [0.05, 0.1) is 14.2 Å². The number of ether oxygens (including phenoxy) is 2. The summed E-state index contributed by atoms with van der Waals surface area (Å²) in [6, 6.07) is 7.81. The molecule has 1 aliphatic rings. The number of aliphatic imine (C=N–C) groups is 1. The zero-order chi connectivity index (χ0) is 23.1. The Kier molecular flexibility index (Phi) is 8.10. The van der Waals surface area contributed by atoms with E-state index in [2.05, 4.69) is 20.5 Å². The quantitative estimate of drug-likeness (QED) is 0.447. The van der Waals surface area contributed by atoms with Gasteiger partial charge in [-0.2, -0.15) is 0 Å². The summed E-state index contributed by atoms with van der Waals surface area (Å²) in [6.07, 6.45) is 1.82. The highest BCUT2D eigenvalue weighted by Gasteiger charge is 2.20. The van der Waals surface area contributed by atoms with Gasteiger partial charge in [-0.25, -0.2) is 8.78 Å². The highest BCUT2D eigenvalue weighted by molar-refractivity contribution is 5.80. The second-order valence-corrected chi connectivity index (χ2v) is 7.72. The summed E-state index contributed by atoms with van der Waals surface area (Å²) in [4.78, 5) is 6.53. The normalized spacial score (nSPS) is 15.5. The van der Waals surface area contributed by atoms with Crippen LogP contribution in [0.4, 0.5) is 8.78 Å². The Hall–Kier alpha value is -3.07. The Labute approximate surface area is 187 Å². The molecule has 1 saturated heterocycles. The molecular formula is C23H30F2N4O3. The number of hydrogen-bond acceptors (Lipinski definition) is 5. The van der Waals surface area contributed by atoms with Gasteiger partial charge in [-0.05, 0) is 48.2 Å². The number of halogens is 2. The van der Waals surface area contributed by atoms with Gasteiger partial charge in [-0.15, -0.1) is 0 Å². The fourth-order valence-electron chi connectivity index (χ4n) is 3.76. The molecule has 32 heavy (non-hydrogen) atoms. The van der Waals surface area contributed by atoms with Gasteiger partial charge in [0.15, 0.2) is 29.1 Å². The molecule has 2 aromatic rings. The third-order valence-corrected chi connectivity index (χ3v) is 5.54. The zero-order valence-electron chi connectivity index (χ0n) is 18.6. The SMILES string of the molecule is CN=C(NCc1cc(OC)c(O)c(OC)c1)NC1CCN(Cc2ccc(F)c(F)c2)CC1. The number of guanidine groups is 1. The zero-order valence-corrected chi connectivity index (χ0v) is 18.6. The average Bonchev–Trinajstić information content (AvgIpc) is 2.80. The van der Waals surface area contributed by atoms with E-state index < -0.39 is 11.6 Å². The maximum absolute atomic E-state index is 13.4. The lowest BCUT2D eigenvalue weighted by Crippen LogP contribution is -2.48. The van der Waals surface area contributed by atoms with Crippen LogP contribution in [0.3, 0.4) is 0 Å². The van der Waals surface area contributed by atoms with E-state index >= 15 is 0 Å². The van der Waals surface area contributed by atoms with Crippen LogP contribution >= 0.6 is 0 Å². The van der Waals surface area contributed by atoms with Gasteiger partial charge < -0.3 is 25.2 Å². The molecule has 0 amide bonds. The van der Waals surface area contributed by atoms with Crippen molar-refractivity contribution in [3.8, 4) is 17.2 Å². The molecule has 0 unspecified atom stereocenters. The third-order valence-electron chi connectivity index (χ3n) is 5.54. The first-order valence-corrected chi connectivity index (χ1v) is 10.5. The van der Waals surface area contributed by atoms with Crippen molar-refractivity contribution in [1.82, 2.24) is 15.5 Å². The Bertz CT molecular complexity index is 922. The lowest BCUT2D eigenvalue weighted by atomic mass is 10.0. The topological polar surface area (TPSA) is 78.4 Å². The van der Waals surface area contributed by atoms with E-state index in [-0.39, 0.29) is 11.8 Å². The van der Waals surface area contributed by atoms with Gasteiger partial charge in [-0.3, -0.25) is 9.89 Å². The summed E-state index contributed by atoms with van der Waals surface area (Å²) < 4.78 is 36.9. The molecule has 2 aromatic carbocycles. The van der Waals surface area contributed by atoms with E-state index in [0.717, 1.165) is 37.1 Å². The van der Waals surface area contributed by atoms with E-state index in [1.54, 1.807) is 25.2 Å². The number of nitrogens with zero attached hydrogens (tertiary/aromatic N) is 2. The van der Waals surface area contributed by atoms with Crippen molar-refractivity contribution in [2.75, 3.05) is 34.4 Å². The molecular weight excluding hydrogens is 418 g/mol. The van der Waals surface area contributed by atoms with Crippen LogP contribution in [0.25, 0.3) is 0 Å². The van der Waals surface area contributed by atoms with Gasteiger partial charge >= 0.3 is 0 Å². The van der Waals surface area contributed by atoms with E-state index in [9.17, 15) is 13.9 Å². The van der Waals surface area contributed by atoms with Crippen molar-refractivity contribution in [3.05, 3.63) is 53.1 Å². The molecule has 1 heterocycles. The number of methoxy groups -OCH3 is 2. The molecule has 1 aliphatic heterocycles. The van der Waals surface area contributed by atoms with E-state index in [4.69, 9.17) is 9.47 Å². The predicted octanol–water partition coefficient (Wildman–Crippen LogP) is 3.02. The van der Waals surface area contributed by atoms with Crippen LogP contribution in [0.5, 0.6) is 17.2 Å². The van der Waals surface area contributed by atoms with E-state index in [1.165, 1.54) is 26.4 Å². The van der Waals surface area contributed by atoms with Gasteiger partial charge in [0.2, 0.25) is 5.75 Å². The summed E-state index contributed by atoms with van der Waals surface area (Å²) in [7, 11) is 4.70. The van der Waals surface area contributed by atoms with Gasteiger partial charge in [0.25, 0.3) is 0 Å². The number of phenols is 1. The molecule has 174 valence electrons. The highest BCUT2D eigenvalue weighted by atomic mass is 19.2. The molecule has 0 bridgehead atoms.